The molecule has 4 heteroatoms. The van der Waals surface area contributed by atoms with E-state index >= 15 is 0 Å². The molecule has 0 aromatic rings. The van der Waals surface area contributed by atoms with E-state index in [-0.39, 0.29) is 12.5 Å². The van der Waals surface area contributed by atoms with Gasteiger partial charge in [-0.25, -0.2) is 0 Å². The van der Waals surface area contributed by atoms with E-state index in [1.165, 1.54) is 0 Å². The molecule has 1 aliphatic rings. The lowest BCUT2D eigenvalue weighted by molar-refractivity contribution is -0.134. The maximum absolute atomic E-state index is 10.6. The lowest BCUT2D eigenvalue weighted by atomic mass is 10.5. The molecule has 1 saturated heterocycles. The number of hydrogen-bond acceptors (Lipinski definition) is 2. The van der Waals surface area contributed by atoms with Crippen LogP contribution in [0.1, 0.15) is 0 Å². The largest absolute Gasteiger partial charge is 0.370 e. The Hall–Kier alpha value is 0.160. The SMILES string of the molecule is O=C1COCCN1I. The molecule has 0 spiro atoms. The fourth-order valence-corrected chi connectivity index (χ4v) is 0.835. The van der Waals surface area contributed by atoms with Crippen LogP contribution in [0.15, 0.2) is 0 Å². The summed E-state index contributed by atoms with van der Waals surface area (Å²) in [6, 6.07) is 0. The van der Waals surface area contributed by atoms with E-state index in [2.05, 4.69) is 0 Å². The molecular weight excluding hydrogens is 221 g/mol. The first kappa shape index (κ1) is 6.28. The molecule has 0 aromatic heterocycles. The molecule has 1 heterocycles. The quantitative estimate of drug-likeness (QED) is 0.437. The Morgan fingerprint density at radius 3 is 2.88 bits per heavy atom. The van der Waals surface area contributed by atoms with Crippen LogP contribution in [0, 0.1) is 0 Å². The summed E-state index contributed by atoms with van der Waals surface area (Å²) in [6.07, 6.45) is 0. The van der Waals surface area contributed by atoms with Crippen LogP contribution in [0.2, 0.25) is 0 Å². The van der Waals surface area contributed by atoms with Crippen LogP contribution >= 0.6 is 22.9 Å². The fraction of sp³-hybridized carbons (Fsp3) is 0.750. The van der Waals surface area contributed by atoms with E-state index in [4.69, 9.17) is 4.74 Å². The molecule has 0 aliphatic carbocycles. The first-order valence-electron chi connectivity index (χ1n) is 2.34. The molecule has 1 aliphatic heterocycles. The first-order valence-corrected chi connectivity index (χ1v) is 3.31. The predicted octanol–water partition coefficient (Wildman–Crippen LogP) is 0.195. The number of morpholine rings is 1. The summed E-state index contributed by atoms with van der Waals surface area (Å²) in [5, 5.41) is 0. The van der Waals surface area contributed by atoms with Gasteiger partial charge in [0.1, 0.15) is 6.61 Å². The number of ether oxygens (including phenoxy) is 1. The summed E-state index contributed by atoms with van der Waals surface area (Å²) < 4.78 is 6.50. The van der Waals surface area contributed by atoms with Crippen LogP contribution in [-0.4, -0.2) is 28.8 Å². The summed E-state index contributed by atoms with van der Waals surface area (Å²) >= 11 is 1.99. The lowest BCUT2D eigenvalue weighted by Gasteiger charge is -2.19. The van der Waals surface area contributed by atoms with E-state index in [0.29, 0.717) is 6.61 Å². The van der Waals surface area contributed by atoms with Gasteiger partial charge in [-0.1, -0.05) is 0 Å². The Balaban J connectivity index is 2.39. The number of rotatable bonds is 0. The summed E-state index contributed by atoms with van der Waals surface area (Å²) in [4.78, 5) is 10.6. The van der Waals surface area contributed by atoms with Gasteiger partial charge in [0.25, 0.3) is 5.91 Å². The van der Waals surface area contributed by atoms with Gasteiger partial charge in [-0.15, -0.1) is 0 Å². The van der Waals surface area contributed by atoms with Crippen molar-refractivity contribution in [3.05, 3.63) is 0 Å². The smallest absolute Gasteiger partial charge is 0.257 e. The molecule has 1 fully saturated rings. The van der Waals surface area contributed by atoms with Crippen molar-refractivity contribution < 1.29 is 9.53 Å². The topological polar surface area (TPSA) is 29.5 Å². The van der Waals surface area contributed by atoms with Crippen molar-refractivity contribution >= 4 is 28.8 Å². The highest BCUT2D eigenvalue weighted by molar-refractivity contribution is 14.1. The van der Waals surface area contributed by atoms with Gasteiger partial charge in [0.05, 0.1) is 36.0 Å². The van der Waals surface area contributed by atoms with Crippen molar-refractivity contribution in [2.75, 3.05) is 19.8 Å². The standard InChI is InChI=1S/C4H6INO2/c5-6-1-2-8-3-4(6)7/h1-3H2. The van der Waals surface area contributed by atoms with Gasteiger partial charge in [-0.3, -0.25) is 7.91 Å². The van der Waals surface area contributed by atoms with E-state index in [1.807, 2.05) is 22.9 Å². The highest BCUT2D eigenvalue weighted by atomic mass is 127. The maximum Gasteiger partial charge on any atom is 0.257 e. The minimum Gasteiger partial charge on any atom is -0.370 e. The number of nitrogens with zero attached hydrogens (tertiary/aromatic N) is 1. The summed E-state index contributed by atoms with van der Waals surface area (Å²) in [5.41, 5.74) is 0. The molecule has 0 unspecified atom stereocenters. The zero-order chi connectivity index (χ0) is 5.98. The van der Waals surface area contributed by atoms with Crippen LogP contribution in [-0.2, 0) is 9.53 Å². The van der Waals surface area contributed by atoms with Crippen molar-refractivity contribution in [1.29, 1.82) is 0 Å². The fourth-order valence-electron chi connectivity index (χ4n) is 0.499. The van der Waals surface area contributed by atoms with E-state index in [0.717, 1.165) is 6.54 Å². The molecule has 1 amide bonds. The normalized spacial score (nSPS) is 21.6. The molecule has 46 valence electrons. The number of hydrogen-bond donors (Lipinski definition) is 0. The van der Waals surface area contributed by atoms with Crippen molar-refractivity contribution in [1.82, 2.24) is 3.11 Å². The third kappa shape index (κ3) is 1.32. The molecule has 0 atom stereocenters. The second-order valence-electron chi connectivity index (χ2n) is 1.53. The Labute approximate surface area is 61.5 Å². The molecule has 1 rings (SSSR count). The maximum atomic E-state index is 10.6. The molecule has 8 heavy (non-hydrogen) atoms. The lowest BCUT2D eigenvalue weighted by Crippen LogP contribution is -2.34. The van der Waals surface area contributed by atoms with E-state index in [1.54, 1.807) is 3.11 Å². The number of carbonyl (C=O) groups excluding carboxylic acids is 1. The van der Waals surface area contributed by atoms with Crippen molar-refractivity contribution in [3.63, 3.8) is 0 Å². The van der Waals surface area contributed by atoms with Gasteiger partial charge in [-0.2, -0.15) is 0 Å². The van der Waals surface area contributed by atoms with Gasteiger partial charge < -0.3 is 4.74 Å². The minimum absolute atomic E-state index is 0.0665. The highest BCUT2D eigenvalue weighted by Crippen LogP contribution is 2.03. The van der Waals surface area contributed by atoms with E-state index < -0.39 is 0 Å². The molecule has 0 N–H and O–H groups in total. The number of amides is 1. The first-order chi connectivity index (χ1) is 3.80. The summed E-state index contributed by atoms with van der Waals surface area (Å²) in [5.74, 6) is 0.0665. The number of carbonyl (C=O) groups is 1. The van der Waals surface area contributed by atoms with Gasteiger partial charge in [0, 0.05) is 0 Å². The van der Waals surface area contributed by atoms with Crippen LogP contribution in [0.3, 0.4) is 0 Å². The zero-order valence-corrected chi connectivity index (χ0v) is 6.42. The van der Waals surface area contributed by atoms with Crippen LogP contribution in [0.25, 0.3) is 0 Å². The number of halogens is 1. The van der Waals surface area contributed by atoms with E-state index in [9.17, 15) is 4.79 Å². The average molecular weight is 227 g/mol. The van der Waals surface area contributed by atoms with Gasteiger partial charge in [0.2, 0.25) is 0 Å². The summed E-state index contributed by atoms with van der Waals surface area (Å²) in [7, 11) is 0. The monoisotopic (exact) mass is 227 g/mol. The molecular formula is C4H6INO2. The van der Waals surface area contributed by atoms with Crippen molar-refractivity contribution in [3.8, 4) is 0 Å². The van der Waals surface area contributed by atoms with Crippen LogP contribution in [0.4, 0.5) is 0 Å². The van der Waals surface area contributed by atoms with Gasteiger partial charge in [0.15, 0.2) is 0 Å². The Kier molecular flexibility index (Phi) is 2.07. The van der Waals surface area contributed by atoms with Gasteiger partial charge >= 0.3 is 0 Å². The molecule has 0 radical (unpaired) electrons. The predicted molar refractivity (Wildman–Crippen MR) is 36.6 cm³/mol. The highest BCUT2D eigenvalue weighted by Gasteiger charge is 2.14. The average Bonchev–Trinajstić information content (AvgIpc) is 1.77. The summed E-state index contributed by atoms with van der Waals surface area (Å²) in [6.45, 7) is 1.65. The van der Waals surface area contributed by atoms with Crippen molar-refractivity contribution in [2.24, 2.45) is 0 Å². The minimum atomic E-state index is 0.0665. The van der Waals surface area contributed by atoms with Crippen LogP contribution in [0.5, 0.6) is 0 Å². The van der Waals surface area contributed by atoms with Crippen molar-refractivity contribution in [2.45, 2.75) is 0 Å². The zero-order valence-electron chi connectivity index (χ0n) is 4.26. The second kappa shape index (κ2) is 2.63. The second-order valence-corrected chi connectivity index (χ2v) is 2.70. The molecule has 0 bridgehead atoms. The molecule has 3 nitrogen and oxygen atoms in total. The Morgan fingerprint density at radius 2 is 2.50 bits per heavy atom. The Bertz CT molecular complexity index is 106. The van der Waals surface area contributed by atoms with Crippen LogP contribution < -0.4 is 0 Å². The Morgan fingerprint density at radius 1 is 1.75 bits per heavy atom. The molecule has 0 saturated carbocycles. The third-order valence-electron chi connectivity index (χ3n) is 0.928. The molecule has 0 aromatic carbocycles. The van der Waals surface area contributed by atoms with Gasteiger partial charge in [-0.05, 0) is 0 Å². The third-order valence-corrected chi connectivity index (χ3v) is 1.95.